The molecular weight excluding hydrogens is 384 g/mol. The Balaban J connectivity index is 2.34. The standard InChI is InChI=1S/C23H26N2O5/c1-5-12-30-22-16(8-7-9-20(22)29-6-2)13-17(15-24)23(26)25-18-10-11-19(27-3)21(14-18)28-4/h7-11,13-14H,5-6,12H2,1-4H3,(H,25,26)/b17-13+. The van der Waals surface area contributed by atoms with Gasteiger partial charge in [-0.1, -0.05) is 19.1 Å². The van der Waals surface area contributed by atoms with Crippen molar-refractivity contribution in [3.63, 3.8) is 0 Å². The van der Waals surface area contributed by atoms with E-state index in [0.29, 0.717) is 47.5 Å². The van der Waals surface area contributed by atoms with E-state index in [1.54, 1.807) is 36.4 Å². The van der Waals surface area contributed by atoms with Crippen molar-refractivity contribution >= 4 is 17.7 Å². The molecule has 2 rings (SSSR count). The molecule has 2 aromatic rings. The molecule has 158 valence electrons. The summed E-state index contributed by atoms with van der Waals surface area (Å²) in [5.41, 5.74) is 0.998. The minimum absolute atomic E-state index is 0.0696. The molecule has 0 spiro atoms. The molecule has 0 saturated carbocycles. The summed E-state index contributed by atoms with van der Waals surface area (Å²) < 4.78 is 21.9. The molecule has 7 heteroatoms. The van der Waals surface area contributed by atoms with Crippen molar-refractivity contribution in [2.45, 2.75) is 20.3 Å². The normalized spacial score (nSPS) is 10.7. The highest BCUT2D eigenvalue weighted by Crippen LogP contribution is 2.33. The van der Waals surface area contributed by atoms with Crippen molar-refractivity contribution in [3.8, 4) is 29.1 Å². The SMILES string of the molecule is CCCOc1c(/C=C(\C#N)C(=O)Nc2ccc(OC)c(OC)c2)cccc1OCC. The van der Waals surface area contributed by atoms with E-state index < -0.39 is 5.91 Å². The second kappa shape index (κ2) is 11.4. The van der Waals surface area contributed by atoms with Gasteiger partial charge in [0.1, 0.15) is 11.6 Å². The molecule has 2 aromatic carbocycles. The fourth-order valence-electron chi connectivity index (χ4n) is 2.69. The van der Waals surface area contributed by atoms with Crippen molar-refractivity contribution < 1.29 is 23.7 Å². The summed E-state index contributed by atoms with van der Waals surface area (Å²) >= 11 is 0. The van der Waals surface area contributed by atoms with Crippen LogP contribution >= 0.6 is 0 Å². The molecule has 0 saturated heterocycles. The van der Waals surface area contributed by atoms with Crippen LogP contribution in [0.5, 0.6) is 23.0 Å². The molecule has 1 amide bonds. The number of nitriles is 1. The van der Waals surface area contributed by atoms with Crippen molar-refractivity contribution in [3.05, 3.63) is 47.5 Å². The van der Waals surface area contributed by atoms with Gasteiger partial charge in [0.2, 0.25) is 0 Å². The lowest BCUT2D eigenvalue weighted by Crippen LogP contribution is -2.13. The van der Waals surface area contributed by atoms with E-state index in [1.165, 1.54) is 20.3 Å². The molecular formula is C23H26N2O5. The Bertz CT molecular complexity index is 947. The maximum absolute atomic E-state index is 12.7. The van der Waals surface area contributed by atoms with Crippen LogP contribution in [0.4, 0.5) is 5.69 Å². The Hall–Kier alpha value is -3.66. The zero-order valence-electron chi connectivity index (χ0n) is 17.7. The fraction of sp³-hybridized carbons (Fsp3) is 0.304. The van der Waals surface area contributed by atoms with Gasteiger partial charge in [0.15, 0.2) is 23.0 Å². The van der Waals surface area contributed by atoms with Crippen LogP contribution in [0, 0.1) is 11.3 Å². The number of amides is 1. The summed E-state index contributed by atoms with van der Waals surface area (Å²) in [7, 11) is 3.04. The summed E-state index contributed by atoms with van der Waals surface area (Å²) in [5.74, 6) is 1.53. The summed E-state index contributed by atoms with van der Waals surface area (Å²) in [6, 6.07) is 12.3. The van der Waals surface area contributed by atoms with Crippen molar-refractivity contribution in [2.75, 3.05) is 32.8 Å². The molecule has 0 unspecified atom stereocenters. The first-order chi connectivity index (χ1) is 14.6. The van der Waals surface area contributed by atoms with Crippen LogP contribution in [-0.2, 0) is 4.79 Å². The number of carbonyl (C=O) groups excluding carboxylic acids is 1. The Morgan fingerprint density at radius 2 is 1.83 bits per heavy atom. The number of nitrogens with zero attached hydrogens (tertiary/aromatic N) is 1. The van der Waals surface area contributed by atoms with E-state index in [0.717, 1.165) is 6.42 Å². The van der Waals surface area contributed by atoms with Crippen LogP contribution in [0.3, 0.4) is 0 Å². The maximum atomic E-state index is 12.7. The third kappa shape index (κ3) is 5.67. The first-order valence-electron chi connectivity index (χ1n) is 9.61. The number of anilines is 1. The van der Waals surface area contributed by atoms with Gasteiger partial charge in [0.25, 0.3) is 5.91 Å². The van der Waals surface area contributed by atoms with Crippen molar-refractivity contribution in [2.24, 2.45) is 0 Å². The van der Waals surface area contributed by atoms with Gasteiger partial charge in [-0.25, -0.2) is 0 Å². The quantitative estimate of drug-likeness (QED) is 0.460. The summed E-state index contributed by atoms with van der Waals surface area (Å²) in [6.45, 7) is 4.84. The van der Waals surface area contributed by atoms with E-state index >= 15 is 0 Å². The van der Waals surface area contributed by atoms with Crippen LogP contribution in [0.25, 0.3) is 6.08 Å². The van der Waals surface area contributed by atoms with Gasteiger partial charge in [0, 0.05) is 17.3 Å². The first kappa shape index (κ1) is 22.6. The zero-order chi connectivity index (χ0) is 21.9. The molecule has 0 heterocycles. The lowest BCUT2D eigenvalue weighted by atomic mass is 10.1. The van der Waals surface area contributed by atoms with Crippen LogP contribution in [-0.4, -0.2) is 33.3 Å². The number of methoxy groups -OCH3 is 2. The number of para-hydroxylation sites is 1. The predicted octanol–water partition coefficient (Wildman–Crippen LogP) is 4.44. The number of carbonyl (C=O) groups is 1. The molecule has 0 radical (unpaired) electrons. The van der Waals surface area contributed by atoms with Crippen molar-refractivity contribution in [1.29, 1.82) is 5.26 Å². The summed E-state index contributed by atoms with van der Waals surface area (Å²) in [5, 5.41) is 12.3. The molecule has 0 bridgehead atoms. The van der Waals surface area contributed by atoms with E-state index in [4.69, 9.17) is 18.9 Å². The minimum atomic E-state index is -0.548. The number of rotatable bonds is 10. The van der Waals surface area contributed by atoms with Gasteiger partial charge in [-0.05, 0) is 37.6 Å². The topological polar surface area (TPSA) is 89.8 Å². The number of nitrogens with one attached hydrogen (secondary N) is 1. The highest BCUT2D eigenvalue weighted by molar-refractivity contribution is 6.10. The monoisotopic (exact) mass is 410 g/mol. The molecule has 7 nitrogen and oxygen atoms in total. The Morgan fingerprint density at radius 3 is 2.47 bits per heavy atom. The maximum Gasteiger partial charge on any atom is 0.266 e. The van der Waals surface area contributed by atoms with Crippen LogP contribution in [0.15, 0.2) is 42.0 Å². The molecule has 30 heavy (non-hydrogen) atoms. The van der Waals surface area contributed by atoms with Gasteiger partial charge in [-0.3, -0.25) is 4.79 Å². The third-order valence-corrected chi connectivity index (χ3v) is 4.07. The smallest absolute Gasteiger partial charge is 0.266 e. The summed E-state index contributed by atoms with van der Waals surface area (Å²) in [4.78, 5) is 12.7. The number of hydrogen-bond acceptors (Lipinski definition) is 6. The third-order valence-electron chi connectivity index (χ3n) is 4.07. The van der Waals surface area contributed by atoms with Gasteiger partial charge >= 0.3 is 0 Å². The highest BCUT2D eigenvalue weighted by Gasteiger charge is 2.15. The van der Waals surface area contributed by atoms with Gasteiger partial charge < -0.3 is 24.3 Å². The van der Waals surface area contributed by atoms with Crippen LogP contribution in [0.1, 0.15) is 25.8 Å². The van der Waals surface area contributed by atoms with Gasteiger partial charge in [-0.15, -0.1) is 0 Å². The lowest BCUT2D eigenvalue weighted by molar-refractivity contribution is -0.112. The van der Waals surface area contributed by atoms with E-state index in [1.807, 2.05) is 19.9 Å². The first-order valence-corrected chi connectivity index (χ1v) is 9.61. The van der Waals surface area contributed by atoms with Crippen molar-refractivity contribution in [1.82, 2.24) is 0 Å². The average Bonchev–Trinajstić information content (AvgIpc) is 2.76. The number of ether oxygens (including phenoxy) is 4. The Labute approximate surface area is 176 Å². The molecule has 0 fully saturated rings. The molecule has 0 aliphatic rings. The van der Waals surface area contributed by atoms with Crippen LogP contribution < -0.4 is 24.3 Å². The predicted molar refractivity (Wildman–Crippen MR) is 115 cm³/mol. The van der Waals surface area contributed by atoms with E-state index in [9.17, 15) is 10.1 Å². The second-order valence-electron chi connectivity index (χ2n) is 6.15. The number of benzene rings is 2. The molecule has 1 N–H and O–H groups in total. The average molecular weight is 410 g/mol. The summed E-state index contributed by atoms with van der Waals surface area (Å²) in [6.07, 6.45) is 2.30. The van der Waals surface area contributed by atoms with E-state index in [-0.39, 0.29) is 5.57 Å². The number of hydrogen-bond donors (Lipinski definition) is 1. The lowest BCUT2D eigenvalue weighted by Gasteiger charge is -2.14. The zero-order valence-corrected chi connectivity index (χ0v) is 17.7. The fourth-order valence-corrected chi connectivity index (χ4v) is 2.69. The van der Waals surface area contributed by atoms with Gasteiger partial charge in [-0.2, -0.15) is 5.26 Å². The highest BCUT2D eigenvalue weighted by atomic mass is 16.5. The minimum Gasteiger partial charge on any atom is -0.493 e. The Morgan fingerprint density at radius 1 is 1.07 bits per heavy atom. The molecule has 0 aliphatic carbocycles. The largest absolute Gasteiger partial charge is 0.493 e. The molecule has 0 atom stereocenters. The van der Waals surface area contributed by atoms with E-state index in [2.05, 4.69) is 5.32 Å². The van der Waals surface area contributed by atoms with Gasteiger partial charge in [0.05, 0.1) is 27.4 Å². The van der Waals surface area contributed by atoms with Crippen LogP contribution in [0.2, 0.25) is 0 Å². The molecule has 0 aromatic heterocycles. The second-order valence-corrected chi connectivity index (χ2v) is 6.15. The Kier molecular flexibility index (Phi) is 8.57. The molecule has 0 aliphatic heterocycles.